The molecule has 4 aromatic rings. The Morgan fingerprint density at radius 3 is 2.74 bits per heavy atom. The molecule has 0 radical (unpaired) electrons. The van der Waals surface area contributed by atoms with Gasteiger partial charge < -0.3 is 9.88 Å². The maximum absolute atomic E-state index is 12.8. The molecule has 6 heteroatoms. The number of aromatic nitrogens is 3. The lowest BCUT2D eigenvalue weighted by molar-refractivity contribution is 0.102. The summed E-state index contributed by atoms with van der Waals surface area (Å²) in [5.41, 5.74) is 3.16. The highest BCUT2D eigenvalue weighted by Crippen LogP contribution is 2.24. The summed E-state index contributed by atoms with van der Waals surface area (Å²) in [5.74, 6) is -0.442. The molecule has 0 atom stereocenters. The van der Waals surface area contributed by atoms with Crippen molar-refractivity contribution in [3.63, 3.8) is 0 Å². The van der Waals surface area contributed by atoms with Crippen LogP contribution in [0.2, 0.25) is 0 Å². The average Bonchev–Trinajstić information content (AvgIpc) is 3.17. The number of aromatic amines is 1. The second-order valence-electron chi connectivity index (χ2n) is 6.38. The molecule has 0 fully saturated rings. The van der Waals surface area contributed by atoms with Crippen molar-refractivity contribution in [2.24, 2.45) is 0 Å². The number of benzene rings is 2. The van der Waals surface area contributed by atoms with Gasteiger partial charge in [-0.2, -0.15) is 5.10 Å². The Hall–Kier alpha value is -3.67. The predicted molar refractivity (Wildman–Crippen MR) is 105 cm³/mol. The summed E-state index contributed by atoms with van der Waals surface area (Å²) in [7, 11) is 0. The summed E-state index contributed by atoms with van der Waals surface area (Å²) in [6.07, 6.45) is 3.40. The molecule has 134 valence electrons. The van der Waals surface area contributed by atoms with Crippen molar-refractivity contribution in [2.45, 2.75) is 13.5 Å². The van der Waals surface area contributed by atoms with Gasteiger partial charge in [-0.25, -0.2) is 0 Å². The molecule has 0 aliphatic rings. The normalized spacial score (nSPS) is 10.9. The standard InChI is InChI=1S/C21H18N4O2/c1-14-9-10-18(19-17(14)12-22-24-19)23-20(26)16-8-5-11-25(21(16)27)13-15-6-3-2-4-7-15/h2-12H,13H2,1H3,(H,22,24)(H,23,26). The number of H-pyrrole nitrogens is 1. The van der Waals surface area contributed by atoms with Gasteiger partial charge in [0.05, 0.1) is 23.9 Å². The van der Waals surface area contributed by atoms with E-state index in [2.05, 4.69) is 15.5 Å². The van der Waals surface area contributed by atoms with E-state index in [1.54, 1.807) is 24.5 Å². The first-order valence-corrected chi connectivity index (χ1v) is 8.61. The van der Waals surface area contributed by atoms with Crippen molar-refractivity contribution in [2.75, 3.05) is 5.32 Å². The van der Waals surface area contributed by atoms with Crippen LogP contribution in [0.3, 0.4) is 0 Å². The summed E-state index contributed by atoms with van der Waals surface area (Å²) in [5, 5.41) is 10.7. The van der Waals surface area contributed by atoms with Crippen LogP contribution in [0.25, 0.3) is 10.9 Å². The van der Waals surface area contributed by atoms with Crippen molar-refractivity contribution in [3.8, 4) is 0 Å². The van der Waals surface area contributed by atoms with Gasteiger partial charge in [-0.3, -0.25) is 14.7 Å². The zero-order chi connectivity index (χ0) is 18.8. The predicted octanol–water partition coefficient (Wildman–Crippen LogP) is 3.33. The number of nitrogens with one attached hydrogen (secondary N) is 2. The third-order valence-electron chi connectivity index (χ3n) is 4.54. The van der Waals surface area contributed by atoms with Crippen LogP contribution < -0.4 is 10.9 Å². The van der Waals surface area contributed by atoms with E-state index >= 15 is 0 Å². The number of anilines is 1. The second kappa shape index (κ2) is 6.92. The number of rotatable bonds is 4. The molecule has 0 bridgehead atoms. The molecular weight excluding hydrogens is 340 g/mol. The third kappa shape index (κ3) is 3.25. The number of nitrogens with zero attached hydrogens (tertiary/aromatic N) is 2. The van der Waals surface area contributed by atoms with Crippen LogP contribution in [0, 0.1) is 6.92 Å². The monoisotopic (exact) mass is 358 g/mol. The SMILES string of the molecule is Cc1ccc(NC(=O)c2cccn(Cc3ccccc3)c2=O)c2[nH]ncc12. The van der Waals surface area contributed by atoms with E-state index < -0.39 is 5.91 Å². The molecule has 2 aromatic heterocycles. The first-order valence-electron chi connectivity index (χ1n) is 8.61. The minimum Gasteiger partial charge on any atom is -0.320 e. The minimum atomic E-state index is -0.442. The Balaban J connectivity index is 1.64. The lowest BCUT2D eigenvalue weighted by atomic mass is 10.1. The molecular formula is C21H18N4O2. The fraction of sp³-hybridized carbons (Fsp3) is 0.0952. The molecule has 2 aromatic carbocycles. The summed E-state index contributed by atoms with van der Waals surface area (Å²) in [4.78, 5) is 25.5. The van der Waals surface area contributed by atoms with Crippen molar-refractivity contribution < 1.29 is 4.79 Å². The van der Waals surface area contributed by atoms with Gasteiger partial charge >= 0.3 is 0 Å². The maximum Gasteiger partial charge on any atom is 0.263 e. The smallest absolute Gasteiger partial charge is 0.263 e. The van der Waals surface area contributed by atoms with Crippen molar-refractivity contribution >= 4 is 22.5 Å². The molecule has 1 amide bonds. The van der Waals surface area contributed by atoms with Crippen LogP contribution in [-0.4, -0.2) is 20.7 Å². The third-order valence-corrected chi connectivity index (χ3v) is 4.54. The molecule has 0 aliphatic heterocycles. The van der Waals surface area contributed by atoms with E-state index in [1.165, 1.54) is 10.6 Å². The van der Waals surface area contributed by atoms with Crippen LogP contribution in [0.4, 0.5) is 5.69 Å². The highest BCUT2D eigenvalue weighted by atomic mass is 16.2. The fourth-order valence-corrected chi connectivity index (χ4v) is 3.08. The lowest BCUT2D eigenvalue weighted by Crippen LogP contribution is -2.29. The minimum absolute atomic E-state index is 0.0988. The van der Waals surface area contributed by atoms with Crippen LogP contribution in [-0.2, 0) is 6.54 Å². The fourth-order valence-electron chi connectivity index (χ4n) is 3.08. The number of hydrogen-bond donors (Lipinski definition) is 2. The van der Waals surface area contributed by atoms with E-state index in [0.717, 1.165) is 22.0 Å². The zero-order valence-electron chi connectivity index (χ0n) is 14.8. The van der Waals surface area contributed by atoms with Gasteiger partial charge in [0.15, 0.2) is 0 Å². The Labute approximate surface area is 155 Å². The zero-order valence-corrected chi connectivity index (χ0v) is 14.8. The van der Waals surface area contributed by atoms with Gasteiger partial charge in [0, 0.05) is 11.6 Å². The van der Waals surface area contributed by atoms with Crippen molar-refractivity contribution in [1.29, 1.82) is 0 Å². The van der Waals surface area contributed by atoms with E-state index in [1.807, 2.05) is 43.3 Å². The maximum atomic E-state index is 12.8. The van der Waals surface area contributed by atoms with E-state index in [0.29, 0.717) is 12.2 Å². The molecule has 0 saturated heterocycles. The van der Waals surface area contributed by atoms with Crippen LogP contribution in [0.15, 0.2) is 71.8 Å². The highest BCUT2D eigenvalue weighted by Gasteiger charge is 2.15. The molecule has 4 rings (SSSR count). The lowest BCUT2D eigenvalue weighted by Gasteiger charge is -2.10. The topological polar surface area (TPSA) is 79.8 Å². The number of amides is 1. The number of fused-ring (bicyclic) bond motifs is 1. The van der Waals surface area contributed by atoms with Gasteiger partial charge in [0.1, 0.15) is 5.56 Å². The Morgan fingerprint density at radius 2 is 1.93 bits per heavy atom. The van der Waals surface area contributed by atoms with Crippen molar-refractivity contribution in [3.05, 3.63) is 94.0 Å². The van der Waals surface area contributed by atoms with Crippen molar-refractivity contribution in [1.82, 2.24) is 14.8 Å². The highest BCUT2D eigenvalue weighted by molar-refractivity contribution is 6.08. The number of pyridine rings is 1. The summed E-state index contributed by atoms with van der Waals surface area (Å²) in [6, 6.07) is 16.6. The Morgan fingerprint density at radius 1 is 1.11 bits per heavy atom. The molecule has 0 unspecified atom stereocenters. The summed E-state index contributed by atoms with van der Waals surface area (Å²) >= 11 is 0. The molecule has 2 N–H and O–H groups in total. The molecule has 0 saturated carbocycles. The van der Waals surface area contributed by atoms with Gasteiger partial charge in [-0.05, 0) is 36.2 Å². The average molecular weight is 358 g/mol. The molecule has 2 heterocycles. The quantitative estimate of drug-likeness (QED) is 0.587. The van der Waals surface area contributed by atoms with Gasteiger partial charge in [-0.1, -0.05) is 36.4 Å². The number of aryl methyl sites for hydroxylation is 1. The molecule has 27 heavy (non-hydrogen) atoms. The van der Waals surface area contributed by atoms with Crippen LogP contribution in [0.1, 0.15) is 21.5 Å². The van der Waals surface area contributed by atoms with Gasteiger partial charge in [0.2, 0.25) is 0 Å². The molecule has 0 spiro atoms. The summed E-state index contributed by atoms with van der Waals surface area (Å²) < 4.78 is 1.53. The van der Waals surface area contributed by atoms with Crippen LogP contribution >= 0.6 is 0 Å². The summed E-state index contributed by atoms with van der Waals surface area (Å²) in [6.45, 7) is 2.39. The van der Waals surface area contributed by atoms with Gasteiger partial charge in [-0.15, -0.1) is 0 Å². The number of hydrogen-bond acceptors (Lipinski definition) is 3. The Bertz CT molecular complexity index is 1180. The molecule has 0 aliphatic carbocycles. The van der Waals surface area contributed by atoms with E-state index in [9.17, 15) is 9.59 Å². The molecule has 6 nitrogen and oxygen atoms in total. The largest absolute Gasteiger partial charge is 0.320 e. The first kappa shape index (κ1) is 16.8. The van der Waals surface area contributed by atoms with Crippen LogP contribution in [0.5, 0.6) is 0 Å². The Kier molecular flexibility index (Phi) is 4.30. The first-order chi connectivity index (χ1) is 13.1. The van der Waals surface area contributed by atoms with E-state index in [-0.39, 0.29) is 11.1 Å². The van der Waals surface area contributed by atoms with Gasteiger partial charge in [0.25, 0.3) is 11.5 Å². The number of carbonyl (C=O) groups excluding carboxylic acids is 1. The number of carbonyl (C=O) groups is 1. The second-order valence-corrected chi connectivity index (χ2v) is 6.38. The van der Waals surface area contributed by atoms with E-state index in [4.69, 9.17) is 0 Å².